The van der Waals surface area contributed by atoms with Crippen LogP contribution in [0.4, 0.5) is 0 Å². The first-order valence-corrected chi connectivity index (χ1v) is 6.57. The third-order valence-electron chi connectivity index (χ3n) is 3.10. The fourth-order valence-corrected chi connectivity index (χ4v) is 2.33. The molecule has 2 aromatic carbocycles. The average Bonchev–Trinajstić information content (AvgIpc) is 2.83. The summed E-state index contributed by atoms with van der Waals surface area (Å²) in [6.45, 7) is 0.871. The lowest BCUT2D eigenvalue weighted by Gasteiger charge is -2.01. The molecule has 0 spiro atoms. The van der Waals surface area contributed by atoms with Crippen LogP contribution in [-0.4, -0.2) is 7.05 Å². The first-order valence-electron chi connectivity index (χ1n) is 6.19. The molecule has 3 rings (SSSR count). The van der Waals surface area contributed by atoms with Gasteiger partial charge in [-0.15, -0.1) is 0 Å². The van der Waals surface area contributed by atoms with E-state index in [0.29, 0.717) is 0 Å². The van der Waals surface area contributed by atoms with Gasteiger partial charge in [0.25, 0.3) is 0 Å². The molecule has 3 heteroatoms. The van der Waals surface area contributed by atoms with Crippen LogP contribution in [0.1, 0.15) is 5.56 Å². The van der Waals surface area contributed by atoms with E-state index < -0.39 is 0 Å². The van der Waals surface area contributed by atoms with Gasteiger partial charge in [0.15, 0.2) is 0 Å². The van der Waals surface area contributed by atoms with Crippen molar-refractivity contribution in [1.29, 1.82) is 0 Å². The Morgan fingerprint density at radius 1 is 1.05 bits per heavy atom. The summed E-state index contributed by atoms with van der Waals surface area (Å²) in [5, 5.41) is 4.89. The summed E-state index contributed by atoms with van der Waals surface area (Å²) >= 11 is 5.98. The quantitative estimate of drug-likeness (QED) is 0.760. The van der Waals surface area contributed by atoms with Gasteiger partial charge in [-0.1, -0.05) is 35.9 Å². The molecule has 1 N–H and O–H groups in total. The number of hydrogen-bond acceptors (Lipinski definition) is 2. The number of hydrogen-bond donors (Lipinski definition) is 1. The second-order valence-electron chi connectivity index (χ2n) is 4.52. The molecule has 0 radical (unpaired) electrons. The van der Waals surface area contributed by atoms with Crippen molar-refractivity contribution >= 4 is 22.6 Å². The molecule has 96 valence electrons. The van der Waals surface area contributed by atoms with Gasteiger partial charge in [0.05, 0.1) is 0 Å². The third kappa shape index (κ3) is 2.50. The molecule has 3 aromatic rings. The summed E-state index contributed by atoms with van der Waals surface area (Å²) in [6, 6.07) is 16.0. The van der Waals surface area contributed by atoms with Gasteiger partial charge in [0, 0.05) is 22.5 Å². The Balaban J connectivity index is 1.99. The van der Waals surface area contributed by atoms with E-state index in [-0.39, 0.29) is 0 Å². The summed E-state index contributed by atoms with van der Waals surface area (Å²) in [6.07, 6.45) is 0. The van der Waals surface area contributed by atoms with E-state index in [9.17, 15) is 0 Å². The Morgan fingerprint density at radius 3 is 2.58 bits per heavy atom. The van der Waals surface area contributed by atoms with Crippen LogP contribution in [0, 0.1) is 0 Å². The summed E-state index contributed by atoms with van der Waals surface area (Å²) in [4.78, 5) is 0. The van der Waals surface area contributed by atoms with E-state index in [1.165, 1.54) is 5.56 Å². The van der Waals surface area contributed by atoms with Crippen molar-refractivity contribution in [2.45, 2.75) is 6.54 Å². The maximum atomic E-state index is 5.98. The fraction of sp³-hybridized carbons (Fsp3) is 0.125. The largest absolute Gasteiger partial charge is 0.456 e. The van der Waals surface area contributed by atoms with Crippen LogP contribution in [0.5, 0.6) is 0 Å². The number of nitrogens with one attached hydrogen (secondary N) is 1. The summed E-state index contributed by atoms with van der Waals surface area (Å²) < 4.78 is 5.83. The van der Waals surface area contributed by atoms with Crippen LogP contribution < -0.4 is 5.32 Å². The Kier molecular flexibility index (Phi) is 3.28. The molecule has 0 atom stereocenters. The van der Waals surface area contributed by atoms with Gasteiger partial charge in [-0.3, -0.25) is 0 Å². The maximum absolute atomic E-state index is 5.98. The highest BCUT2D eigenvalue weighted by molar-refractivity contribution is 6.31. The predicted octanol–water partition coefficient (Wildman–Crippen LogP) is 4.47. The molecule has 0 saturated carbocycles. The van der Waals surface area contributed by atoms with E-state index in [0.717, 1.165) is 33.9 Å². The van der Waals surface area contributed by atoms with Gasteiger partial charge >= 0.3 is 0 Å². The SMILES string of the molecule is CNCc1ccc(-c2cc3cc(Cl)ccc3o2)cc1. The molecule has 0 saturated heterocycles. The summed E-state index contributed by atoms with van der Waals surface area (Å²) in [7, 11) is 1.94. The Labute approximate surface area is 117 Å². The standard InChI is InChI=1S/C16H14ClNO/c1-18-10-11-2-4-12(5-3-11)16-9-13-8-14(17)6-7-15(13)19-16/h2-9,18H,10H2,1H3. The first kappa shape index (κ1) is 12.3. The number of furan rings is 1. The van der Waals surface area contributed by atoms with Crippen LogP contribution in [0.3, 0.4) is 0 Å². The molecule has 0 aliphatic heterocycles. The van der Waals surface area contributed by atoms with Crippen molar-refractivity contribution in [1.82, 2.24) is 5.32 Å². The Hall–Kier alpha value is -1.77. The smallest absolute Gasteiger partial charge is 0.135 e. The van der Waals surface area contributed by atoms with Crippen molar-refractivity contribution in [3.8, 4) is 11.3 Å². The monoisotopic (exact) mass is 271 g/mol. The van der Waals surface area contributed by atoms with Crippen molar-refractivity contribution < 1.29 is 4.42 Å². The topological polar surface area (TPSA) is 25.2 Å². The minimum Gasteiger partial charge on any atom is -0.456 e. The maximum Gasteiger partial charge on any atom is 0.135 e. The Bertz CT molecular complexity index is 700. The van der Waals surface area contributed by atoms with Gasteiger partial charge in [0.2, 0.25) is 0 Å². The van der Waals surface area contributed by atoms with E-state index in [2.05, 4.69) is 29.6 Å². The zero-order valence-electron chi connectivity index (χ0n) is 10.6. The molecule has 1 heterocycles. The molecule has 0 amide bonds. The fourth-order valence-electron chi connectivity index (χ4n) is 2.15. The molecule has 19 heavy (non-hydrogen) atoms. The highest BCUT2D eigenvalue weighted by Gasteiger charge is 2.06. The van der Waals surface area contributed by atoms with Crippen molar-refractivity contribution in [2.24, 2.45) is 0 Å². The second kappa shape index (κ2) is 5.08. The zero-order valence-corrected chi connectivity index (χ0v) is 11.4. The second-order valence-corrected chi connectivity index (χ2v) is 4.96. The minimum absolute atomic E-state index is 0.726. The van der Waals surface area contributed by atoms with Crippen LogP contribution in [0.2, 0.25) is 5.02 Å². The van der Waals surface area contributed by atoms with E-state index in [1.54, 1.807) is 0 Å². The van der Waals surface area contributed by atoms with Gasteiger partial charge in [0.1, 0.15) is 11.3 Å². The molecule has 2 nitrogen and oxygen atoms in total. The molecule has 0 aliphatic carbocycles. The minimum atomic E-state index is 0.726. The lowest BCUT2D eigenvalue weighted by molar-refractivity contribution is 0.631. The van der Waals surface area contributed by atoms with Gasteiger partial charge in [-0.2, -0.15) is 0 Å². The van der Waals surface area contributed by atoms with E-state index >= 15 is 0 Å². The number of benzene rings is 2. The average molecular weight is 272 g/mol. The first-order chi connectivity index (χ1) is 9.26. The van der Waals surface area contributed by atoms with Crippen LogP contribution >= 0.6 is 11.6 Å². The molecule has 0 bridgehead atoms. The number of halogens is 1. The van der Waals surface area contributed by atoms with Gasteiger partial charge in [-0.25, -0.2) is 0 Å². The molecule has 0 unspecified atom stereocenters. The summed E-state index contributed by atoms with van der Waals surface area (Å²) in [5.74, 6) is 0.869. The van der Waals surface area contributed by atoms with Crippen molar-refractivity contribution in [3.63, 3.8) is 0 Å². The van der Waals surface area contributed by atoms with Crippen LogP contribution in [-0.2, 0) is 6.54 Å². The lowest BCUT2D eigenvalue weighted by atomic mass is 10.1. The van der Waals surface area contributed by atoms with Crippen molar-refractivity contribution in [3.05, 3.63) is 59.1 Å². The van der Waals surface area contributed by atoms with E-state index in [1.807, 2.05) is 31.3 Å². The number of rotatable bonds is 3. The summed E-state index contributed by atoms with van der Waals surface area (Å²) in [5.41, 5.74) is 3.19. The number of fused-ring (bicyclic) bond motifs is 1. The molecule has 0 aliphatic rings. The highest BCUT2D eigenvalue weighted by atomic mass is 35.5. The lowest BCUT2D eigenvalue weighted by Crippen LogP contribution is -2.04. The van der Waals surface area contributed by atoms with Gasteiger partial charge in [-0.05, 0) is 36.9 Å². The van der Waals surface area contributed by atoms with E-state index in [4.69, 9.17) is 16.0 Å². The highest BCUT2D eigenvalue weighted by Crippen LogP contribution is 2.29. The van der Waals surface area contributed by atoms with Gasteiger partial charge < -0.3 is 9.73 Å². The zero-order chi connectivity index (χ0) is 13.2. The predicted molar refractivity (Wildman–Crippen MR) is 79.4 cm³/mol. The van der Waals surface area contributed by atoms with Crippen LogP contribution in [0.25, 0.3) is 22.3 Å². The normalized spacial score (nSPS) is 11.1. The Morgan fingerprint density at radius 2 is 1.84 bits per heavy atom. The molecular formula is C16H14ClNO. The van der Waals surface area contributed by atoms with Crippen LogP contribution in [0.15, 0.2) is 52.9 Å². The third-order valence-corrected chi connectivity index (χ3v) is 3.33. The molecule has 0 fully saturated rings. The molecular weight excluding hydrogens is 258 g/mol. The van der Waals surface area contributed by atoms with Crippen molar-refractivity contribution in [2.75, 3.05) is 7.05 Å². The molecule has 1 aromatic heterocycles.